The van der Waals surface area contributed by atoms with E-state index < -0.39 is 23.8 Å². The minimum atomic E-state index is -1.17. The number of hydrogen-bond donors (Lipinski definition) is 2. The zero-order valence-corrected chi connectivity index (χ0v) is 17.2. The number of ether oxygens (including phenoxy) is 2. The van der Waals surface area contributed by atoms with E-state index in [1.165, 1.54) is 31.3 Å². The van der Waals surface area contributed by atoms with Crippen LogP contribution in [0, 0.1) is 5.82 Å². The van der Waals surface area contributed by atoms with E-state index >= 15 is 0 Å². The molecule has 1 atom stereocenters. The third kappa shape index (κ3) is 5.03. The van der Waals surface area contributed by atoms with Crippen LogP contribution in [0.3, 0.4) is 0 Å². The predicted octanol–water partition coefficient (Wildman–Crippen LogP) is 3.33. The van der Waals surface area contributed by atoms with Crippen LogP contribution in [0.4, 0.5) is 4.39 Å². The largest absolute Gasteiger partial charge is 0.479 e. The second-order valence-electron chi connectivity index (χ2n) is 6.91. The van der Waals surface area contributed by atoms with Crippen molar-refractivity contribution in [2.75, 3.05) is 0 Å². The number of carboxylic acid groups (broad SMARTS) is 1. The molecule has 2 aromatic heterocycles. The number of fused-ring (bicyclic) bond motifs is 1. The van der Waals surface area contributed by atoms with Crippen molar-refractivity contribution in [3.8, 4) is 17.4 Å². The summed E-state index contributed by atoms with van der Waals surface area (Å²) in [7, 11) is 0. The molecular weight excluding hydrogens is 435 g/mol. The summed E-state index contributed by atoms with van der Waals surface area (Å²) in [6.45, 7) is 1.22. The molecule has 2 heterocycles. The van der Waals surface area contributed by atoms with Gasteiger partial charge in [0.15, 0.2) is 6.10 Å². The van der Waals surface area contributed by atoms with Crippen molar-refractivity contribution in [1.29, 1.82) is 0 Å². The van der Waals surface area contributed by atoms with Gasteiger partial charge in [-0.25, -0.2) is 18.8 Å². The lowest BCUT2D eigenvalue weighted by atomic mass is 10.2. The van der Waals surface area contributed by atoms with E-state index in [0.29, 0.717) is 16.8 Å². The molecular formula is C22H17FN4O6. The molecule has 0 bridgehead atoms. The van der Waals surface area contributed by atoms with Crippen LogP contribution in [0.2, 0.25) is 0 Å². The van der Waals surface area contributed by atoms with E-state index in [9.17, 15) is 14.0 Å². The molecule has 11 heteroatoms. The first kappa shape index (κ1) is 21.7. The van der Waals surface area contributed by atoms with Crippen molar-refractivity contribution in [3.05, 3.63) is 71.7 Å². The number of nitrogens with zero attached hydrogens (tertiary/aromatic N) is 3. The minimum Gasteiger partial charge on any atom is -0.479 e. The number of benzene rings is 2. The Morgan fingerprint density at radius 3 is 2.70 bits per heavy atom. The maximum absolute atomic E-state index is 14.4. The van der Waals surface area contributed by atoms with Gasteiger partial charge in [0.1, 0.15) is 33.9 Å². The molecule has 0 unspecified atom stereocenters. The molecule has 0 aliphatic heterocycles. The molecule has 0 radical (unpaired) electrons. The standard InChI is InChI=1S/C22H17FN4O6/c1-12(22(29)30)31-14-5-4-13(17(23)9-14)11-25-20(28)16-3-2-8-24-21(16)32-15-6-7-18-19(10-15)27-33-26-18/h2-10,12H,11H2,1H3,(H,25,28)(H,29,30)/t12-/m1/s1. The topological polar surface area (TPSA) is 137 Å². The first-order valence-electron chi connectivity index (χ1n) is 9.72. The first-order valence-corrected chi connectivity index (χ1v) is 9.72. The molecule has 0 aliphatic carbocycles. The van der Waals surface area contributed by atoms with Gasteiger partial charge < -0.3 is 19.9 Å². The number of hydrogen-bond acceptors (Lipinski definition) is 8. The van der Waals surface area contributed by atoms with Gasteiger partial charge in [0.25, 0.3) is 5.91 Å². The van der Waals surface area contributed by atoms with E-state index in [0.717, 1.165) is 6.07 Å². The van der Waals surface area contributed by atoms with Crippen molar-refractivity contribution in [2.45, 2.75) is 19.6 Å². The number of aromatic nitrogens is 3. The quantitative estimate of drug-likeness (QED) is 0.412. The summed E-state index contributed by atoms with van der Waals surface area (Å²) in [5.74, 6) is -1.84. The Hall–Kier alpha value is -4.54. The molecule has 33 heavy (non-hydrogen) atoms. The fraction of sp³-hybridized carbons (Fsp3) is 0.136. The molecule has 0 spiro atoms. The number of aliphatic carboxylic acids is 1. The van der Waals surface area contributed by atoms with E-state index in [2.05, 4.69) is 25.2 Å². The van der Waals surface area contributed by atoms with Gasteiger partial charge in [0.05, 0.1) is 0 Å². The summed E-state index contributed by atoms with van der Waals surface area (Å²) in [6.07, 6.45) is 0.346. The van der Waals surface area contributed by atoms with Crippen molar-refractivity contribution in [3.63, 3.8) is 0 Å². The van der Waals surface area contributed by atoms with Crippen molar-refractivity contribution in [2.24, 2.45) is 0 Å². The number of pyridine rings is 1. The van der Waals surface area contributed by atoms with Crippen molar-refractivity contribution < 1.29 is 33.2 Å². The molecule has 10 nitrogen and oxygen atoms in total. The van der Waals surface area contributed by atoms with E-state index in [1.54, 1.807) is 24.3 Å². The van der Waals surface area contributed by atoms with E-state index in [-0.39, 0.29) is 29.3 Å². The molecule has 4 rings (SSSR count). The molecule has 0 fully saturated rings. The van der Waals surface area contributed by atoms with E-state index in [1.807, 2.05) is 0 Å². The van der Waals surface area contributed by atoms with Gasteiger partial charge in [-0.15, -0.1) is 0 Å². The third-order valence-electron chi connectivity index (χ3n) is 4.58. The fourth-order valence-electron chi connectivity index (χ4n) is 2.85. The van der Waals surface area contributed by atoms with Gasteiger partial charge in [-0.3, -0.25) is 4.79 Å². The van der Waals surface area contributed by atoms with Gasteiger partial charge in [-0.2, -0.15) is 0 Å². The minimum absolute atomic E-state index is 0.0534. The zero-order chi connectivity index (χ0) is 23.4. The number of amides is 1. The normalized spacial score (nSPS) is 11.7. The smallest absolute Gasteiger partial charge is 0.344 e. The Morgan fingerprint density at radius 2 is 1.91 bits per heavy atom. The van der Waals surface area contributed by atoms with E-state index in [4.69, 9.17) is 14.6 Å². The summed E-state index contributed by atoms with van der Waals surface area (Å²) >= 11 is 0. The van der Waals surface area contributed by atoms with Crippen LogP contribution in [-0.2, 0) is 11.3 Å². The van der Waals surface area contributed by atoms with Crippen LogP contribution in [0.1, 0.15) is 22.8 Å². The number of nitrogens with one attached hydrogen (secondary N) is 1. The van der Waals surface area contributed by atoms with Crippen LogP contribution in [0.25, 0.3) is 11.0 Å². The van der Waals surface area contributed by atoms with Crippen LogP contribution in [-0.4, -0.2) is 38.4 Å². The summed E-state index contributed by atoms with van der Waals surface area (Å²) in [5, 5.41) is 19.0. The van der Waals surface area contributed by atoms with Crippen molar-refractivity contribution >= 4 is 22.9 Å². The molecule has 2 aromatic carbocycles. The average Bonchev–Trinajstić information content (AvgIpc) is 3.26. The van der Waals surface area contributed by atoms with Gasteiger partial charge in [-0.1, -0.05) is 6.07 Å². The highest BCUT2D eigenvalue weighted by Crippen LogP contribution is 2.25. The molecule has 0 saturated carbocycles. The van der Waals surface area contributed by atoms with Crippen LogP contribution in [0.5, 0.6) is 17.4 Å². The van der Waals surface area contributed by atoms with Crippen LogP contribution >= 0.6 is 0 Å². The summed E-state index contributed by atoms with van der Waals surface area (Å²) in [5.41, 5.74) is 1.37. The molecule has 4 aromatic rings. The number of carbonyl (C=O) groups is 2. The lowest BCUT2D eigenvalue weighted by Gasteiger charge is -2.13. The number of rotatable bonds is 8. The summed E-state index contributed by atoms with van der Waals surface area (Å²) in [4.78, 5) is 27.7. The zero-order valence-electron chi connectivity index (χ0n) is 17.2. The Morgan fingerprint density at radius 1 is 1.12 bits per heavy atom. The fourth-order valence-corrected chi connectivity index (χ4v) is 2.85. The molecule has 0 saturated heterocycles. The lowest BCUT2D eigenvalue weighted by molar-refractivity contribution is -0.144. The van der Waals surface area contributed by atoms with Gasteiger partial charge in [0.2, 0.25) is 5.88 Å². The Bertz CT molecular complexity index is 1330. The Labute approximate surface area is 185 Å². The third-order valence-corrected chi connectivity index (χ3v) is 4.58. The molecule has 1 amide bonds. The Balaban J connectivity index is 1.44. The second-order valence-corrected chi connectivity index (χ2v) is 6.91. The Kier molecular flexibility index (Phi) is 6.11. The highest BCUT2D eigenvalue weighted by Gasteiger charge is 2.17. The predicted molar refractivity (Wildman–Crippen MR) is 111 cm³/mol. The molecule has 2 N–H and O–H groups in total. The highest BCUT2D eigenvalue weighted by atomic mass is 19.1. The summed E-state index contributed by atoms with van der Waals surface area (Å²) < 4.78 is 29.9. The highest BCUT2D eigenvalue weighted by molar-refractivity contribution is 5.96. The number of carboxylic acids is 1. The molecule has 168 valence electrons. The maximum Gasteiger partial charge on any atom is 0.344 e. The first-order chi connectivity index (χ1) is 15.9. The van der Waals surface area contributed by atoms with Gasteiger partial charge in [-0.05, 0) is 47.6 Å². The monoisotopic (exact) mass is 452 g/mol. The van der Waals surface area contributed by atoms with Crippen LogP contribution in [0.15, 0.2) is 59.4 Å². The summed E-state index contributed by atoms with van der Waals surface area (Å²) in [6, 6.07) is 11.9. The number of halogens is 1. The van der Waals surface area contributed by atoms with Gasteiger partial charge in [0, 0.05) is 30.4 Å². The maximum atomic E-state index is 14.4. The second kappa shape index (κ2) is 9.30. The average molecular weight is 452 g/mol. The molecule has 0 aliphatic rings. The number of carbonyl (C=O) groups excluding carboxylic acids is 1. The van der Waals surface area contributed by atoms with Crippen molar-refractivity contribution in [1.82, 2.24) is 20.6 Å². The van der Waals surface area contributed by atoms with Crippen LogP contribution < -0.4 is 14.8 Å². The SMILES string of the molecule is C[C@@H](Oc1ccc(CNC(=O)c2cccnc2Oc2ccc3nonc3c2)c(F)c1)C(=O)O. The lowest BCUT2D eigenvalue weighted by Crippen LogP contribution is -2.24. The van der Waals surface area contributed by atoms with Gasteiger partial charge >= 0.3 is 5.97 Å².